The summed E-state index contributed by atoms with van der Waals surface area (Å²) in [5.41, 5.74) is 10.1. The van der Waals surface area contributed by atoms with E-state index >= 15 is 0 Å². The normalized spacial score (nSPS) is 11.1. The third kappa shape index (κ3) is 1.85. The van der Waals surface area contributed by atoms with Crippen LogP contribution in [0.25, 0.3) is 11.0 Å². The van der Waals surface area contributed by atoms with Crippen LogP contribution in [-0.4, -0.2) is 21.5 Å². The highest BCUT2D eigenvalue weighted by molar-refractivity contribution is 5.76. The van der Waals surface area contributed by atoms with Crippen molar-refractivity contribution >= 4 is 11.0 Å². The van der Waals surface area contributed by atoms with Gasteiger partial charge in [-0.3, -0.25) is 0 Å². The van der Waals surface area contributed by atoms with Gasteiger partial charge in [0, 0.05) is 6.54 Å². The second kappa shape index (κ2) is 3.98. The molecule has 4 heteroatoms. The first-order chi connectivity index (χ1) is 7.22. The van der Waals surface area contributed by atoms with E-state index in [0.29, 0.717) is 6.54 Å². The van der Waals surface area contributed by atoms with Crippen LogP contribution in [0.1, 0.15) is 17.5 Å². The summed E-state index contributed by atoms with van der Waals surface area (Å²) in [4.78, 5) is 0. The third-order valence-electron chi connectivity index (χ3n) is 2.70. The van der Waals surface area contributed by atoms with Crippen molar-refractivity contribution < 1.29 is 0 Å². The number of hydrogen-bond donors (Lipinski definition) is 1. The van der Waals surface area contributed by atoms with Gasteiger partial charge in [-0.2, -0.15) is 0 Å². The minimum atomic E-state index is 0.687. The van der Waals surface area contributed by atoms with Gasteiger partial charge in [-0.1, -0.05) is 5.21 Å². The maximum atomic E-state index is 5.48. The average molecular weight is 204 g/mol. The van der Waals surface area contributed by atoms with E-state index in [1.54, 1.807) is 0 Å². The lowest BCUT2D eigenvalue weighted by atomic mass is 10.1. The van der Waals surface area contributed by atoms with Gasteiger partial charge in [-0.05, 0) is 50.1 Å². The van der Waals surface area contributed by atoms with Crippen LogP contribution in [0.15, 0.2) is 12.1 Å². The molecule has 0 amide bonds. The van der Waals surface area contributed by atoms with Crippen LogP contribution in [0.5, 0.6) is 0 Å². The summed E-state index contributed by atoms with van der Waals surface area (Å²) >= 11 is 0. The fraction of sp³-hybridized carbons (Fsp3) is 0.455. The summed E-state index contributed by atoms with van der Waals surface area (Å²) in [6, 6.07) is 4.22. The highest BCUT2D eigenvalue weighted by atomic mass is 15.4. The maximum absolute atomic E-state index is 5.48. The Bertz CT molecular complexity index is 473. The van der Waals surface area contributed by atoms with Crippen molar-refractivity contribution in [3.05, 3.63) is 23.3 Å². The number of aromatic nitrogens is 3. The first-order valence-electron chi connectivity index (χ1n) is 5.23. The number of hydrogen-bond acceptors (Lipinski definition) is 3. The first-order valence-corrected chi connectivity index (χ1v) is 5.23. The van der Waals surface area contributed by atoms with Crippen LogP contribution < -0.4 is 5.73 Å². The van der Waals surface area contributed by atoms with E-state index in [-0.39, 0.29) is 0 Å². The van der Waals surface area contributed by atoms with Crippen molar-refractivity contribution in [2.24, 2.45) is 5.73 Å². The van der Waals surface area contributed by atoms with E-state index in [0.717, 1.165) is 24.0 Å². The molecular weight excluding hydrogens is 188 g/mol. The molecule has 0 unspecified atom stereocenters. The van der Waals surface area contributed by atoms with Crippen molar-refractivity contribution in [3.8, 4) is 0 Å². The molecule has 0 fully saturated rings. The van der Waals surface area contributed by atoms with Gasteiger partial charge in [-0.15, -0.1) is 5.10 Å². The smallest absolute Gasteiger partial charge is 0.113 e. The highest BCUT2D eigenvalue weighted by Crippen LogP contribution is 2.17. The first kappa shape index (κ1) is 10.1. The molecule has 1 aromatic heterocycles. The Hall–Kier alpha value is -1.42. The van der Waals surface area contributed by atoms with Crippen LogP contribution in [0.4, 0.5) is 0 Å². The lowest BCUT2D eigenvalue weighted by Gasteiger charge is -2.02. The molecule has 1 aromatic carbocycles. The van der Waals surface area contributed by atoms with E-state index in [2.05, 4.69) is 36.3 Å². The Balaban J connectivity index is 2.45. The number of nitrogens with zero attached hydrogens (tertiary/aromatic N) is 3. The van der Waals surface area contributed by atoms with E-state index in [1.807, 2.05) is 4.68 Å². The molecule has 0 bridgehead atoms. The predicted octanol–water partition coefficient (Wildman–Crippen LogP) is 1.40. The zero-order valence-electron chi connectivity index (χ0n) is 9.20. The zero-order valence-corrected chi connectivity index (χ0v) is 9.20. The van der Waals surface area contributed by atoms with Crippen LogP contribution in [-0.2, 0) is 6.54 Å². The average Bonchev–Trinajstić information content (AvgIpc) is 2.59. The number of benzene rings is 1. The monoisotopic (exact) mass is 204 g/mol. The molecule has 0 radical (unpaired) electrons. The summed E-state index contributed by atoms with van der Waals surface area (Å²) in [6.07, 6.45) is 0.936. The van der Waals surface area contributed by atoms with Crippen molar-refractivity contribution in [3.63, 3.8) is 0 Å². The quantitative estimate of drug-likeness (QED) is 0.822. The number of fused-ring (bicyclic) bond motifs is 1. The number of aryl methyl sites for hydroxylation is 3. The summed E-state index contributed by atoms with van der Waals surface area (Å²) in [5.74, 6) is 0. The molecule has 4 nitrogen and oxygen atoms in total. The largest absolute Gasteiger partial charge is 0.330 e. The molecule has 0 aliphatic rings. The zero-order chi connectivity index (χ0) is 10.8. The highest BCUT2D eigenvalue weighted by Gasteiger charge is 2.05. The maximum Gasteiger partial charge on any atom is 0.113 e. The van der Waals surface area contributed by atoms with E-state index in [4.69, 9.17) is 5.73 Å². The molecule has 15 heavy (non-hydrogen) atoms. The minimum Gasteiger partial charge on any atom is -0.330 e. The molecule has 0 saturated heterocycles. The second-order valence-corrected chi connectivity index (χ2v) is 3.88. The molecule has 1 heterocycles. The molecule has 2 N–H and O–H groups in total. The topological polar surface area (TPSA) is 56.7 Å². The van der Waals surface area contributed by atoms with Crippen molar-refractivity contribution in [2.75, 3.05) is 6.54 Å². The SMILES string of the molecule is Cc1cc2nnn(CCCN)c2cc1C. The van der Waals surface area contributed by atoms with Crippen molar-refractivity contribution in [1.29, 1.82) is 0 Å². The summed E-state index contributed by atoms with van der Waals surface area (Å²) < 4.78 is 1.93. The lowest BCUT2D eigenvalue weighted by Crippen LogP contribution is -2.07. The summed E-state index contributed by atoms with van der Waals surface area (Å²) in [6.45, 7) is 5.73. The fourth-order valence-corrected chi connectivity index (χ4v) is 1.63. The number of nitrogens with two attached hydrogens (primary N) is 1. The molecule has 0 saturated carbocycles. The van der Waals surface area contributed by atoms with Crippen molar-refractivity contribution in [1.82, 2.24) is 15.0 Å². The Morgan fingerprint density at radius 3 is 2.73 bits per heavy atom. The van der Waals surface area contributed by atoms with Gasteiger partial charge >= 0.3 is 0 Å². The number of rotatable bonds is 3. The molecule has 0 aliphatic heterocycles. The van der Waals surface area contributed by atoms with Gasteiger partial charge < -0.3 is 5.73 Å². The van der Waals surface area contributed by atoms with E-state index in [9.17, 15) is 0 Å². The van der Waals surface area contributed by atoms with Crippen LogP contribution in [0, 0.1) is 13.8 Å². The Labute approximate surface area is 89.1 Å². The molecule has 0 aliphatic carbocycles. The molecule has 0 atom stereocenters. The van der Waals surface area contributed by atoms with Gasteiger partial charge in [0.15, 0.2) is 0 Å². The summed E-state index contributed by atoms with van der Waals surface area (Å²) in [5, 5.41) is 8.27. The van der Waals surface area contributed by atoms with Gasteiger partial charge in [0.25, 0.3) is 0 Å². The summed E-state index contributed by atoms with van der Waals surface area (Å²) in [7, 11) is 0. The van der Waals surface area contributed by atoms with Gasteiger partial charge in [0.1, 0.15) is 5.52 Å². The Morgan fingerprint density at radius 1 is 1.27 bits per heavy atom. The Morgan fingerprint density at radius 2 is 2.00 bits per heavy atom. The van der Waals surface area contributed by atoms with Crippen molar-refractivity contribution in [2.45, 2.75) is 26.8 Å². The lowest BCUT2D eigenvalue weighted by molar-refractivity contribution is 0.579. The minimum absolute atomic E-state index is 0.687. The second-order valence-electron chi connectivity index (χ2n) is 3.88. The Kier molecular flexibility index (Phi) is 2.68. The van der Waals surface area contributed by atoms with E-state index < -0.39 is 0 Å². The molecular formula is C11H16N4. The molecule has 2 rings (SSSR count). The standard InChI is InChI=1S/C11H16N4/c1-8-6-10-11(7-9(8)2)15(14-13-10)5-3-4-12/h6-7H,3-5,12H2,1-2H3. The van der Waals surface area contributed by atoms with Gasteiger partial charge in [0.2, 0.25) is 0 Å². The van der Waals surface area contributed by atoms with Gasteiger partial charge in [-0.25, -0.2) is 4.68 Å². The van der Waals surface area contributed by atoms with E-state index in [1.165, 1.54) is 11.1 Å². The predicted molar refractivity (Wildman–Crippen MR) is 60.7 cm³/mol. The third-order valence-corrected chi connectivity index (χ3v) is 2.70. The van der Waals surface area contributed by atoms with Crippen LogP contribution >= 0.6 is 0 Å². The van der Waals surface area contributed by atoms with Crippen LogP contribution in [0.2, 0.25) is 0 Å². The molecule has 0 spiro atoms. The fourth-order valence-electron chi connectivity index (χ4n) is 1.63. The molecule has 2 aromatic rings. The molecule has 80 valence electrons. The van der Waals surface area contributed by atoms with Crippen LogP contribution in [0.3, 0.4) is 0 Å². The van der Waals surface area contributed by atoms with Gasteiger partial charge in [0.05, 0.1) is 5.52 Å².